The molecule has 1 atom stereocenters. The molecule has 0 amide bonds. The molecule has 0 saturated carbocycles. The van der Waals surface area contributed by atoms with E-state index in [2.05, 4.69) is 57.1 Å². The van der Waals surface area contributed by atoms with Gasteiger partial charge in [0.25, 0.3) is 0 Å². The SMILES string of the molecule is Bc1ccc(-c2cc(C(C)=O)nn2Cc2ccccc2)cc1C[C@@H](CC)CCC. The minimum Gasteiger partial charge on any atom is -0.293 e. The zero-order valence-electron chi connectivity index (χ0n) is 18.1. The summed E-state index contributed by atoms with van der Waals surface area (Å²) < 4.78 is 1.96. The van der Waals surface area contributed by atoms with Crippen LogP contribution in [0.1, 0.15) is 61.6 Å². The highest BCUT2D eigenvalue weighted by atomic mass is 16.1. The summed E-state index contributed by atoms with van der Waals surface area (Å²) in [6.07, 6.45) is 4.80. The van der Waals surface area contributed by atoms with Crippen molar-refractivity contribution in [2.75, 3.05) is 0 Å². The molecule has 0 fully saturated rings. The maximum absolute atomic E-state index is 12.0. The molecule has 2 aromatic carbocycles. The lowest BCUT2D eigenvalue weighted by Crippen LogP contribution is -2.15. The molecule has 29 heavy (non-hydrogen) atoms. The molecule has 0 spiro atoms. The van der Waals surface area contributed by atoms with E-state index in [0.29, 0.717) is 12.2 Å². The van der Waals surface area contributed by atoms with Crippen molar-refractivity contribution >= 4 is 19.1 Å². The number of rotatable bonds is 9. The van der Waals surface area contributed by atoms with E-state index in [1.807, 2.05) is 28.9 Å². The fraction of sp³-hybridized carbons (Fsp3) is 0.360. The minimum absolute atomic E-state index is 0.000565. The molecule has 1 heterocycles. The van der Waals surface area contributed by atoms with Gasteiger partial charge in [-0.15, -0.1) is 0 Å². The van der Waals surface area contributed by atoms with Gasteiger partial charge in [0.1, 0.15) is 13.5 Å². The molecule has 0 bridgehead atoms. The van der Waals surface area contributed by atoms with Gasteiger partial charge in [-0.2, -0.15) is 5.10 Å². The van der Waals surface area contributed by atoms with Crippen molar-refractivity contribution in [2.24, 2.45) is 5.92 Å². The summed E-state index contributed by atoms with van der Waals surface area (Å²) in [6, 6.07) is 18.9. The van der Waals surface area contributed by atoms with Gasteiger partial charge in [-0.3, -0.25) is 9.48 Å². The monoisotopic (exact) mass is 386 g/mol. The van der Waals surface area contributed by atoms with Crippen molar-refractivity contribution < 1.29 is 4.79 Å². The molecule has 4 heteroatoms. The Morgan fingerprint density at radius 2 is 1.86 bits per heavy atom. The Hall–Kier alpha value is -2.62. The highest BCUT2D eigenvalue weighted by Gasteiger charge is 2.15. The smallest absolute Gasteiger partial charge is 0.180 e. The number of carbonyl (C=O) groups excluding carboxylic acids is 1. The molecule has 0 radical (unpaired) electrons. The van der Waals surface area contributed by atoms with E-state index in [9.17, 15) is 4.79 Å². The molecular weight excluding hydrogens is 355 g/mol. The van der Waals surface area contributed by atoms with Gasteiger partial charge < -0.3 is 0 Å². The second-order valence-corrected chi connectivity index (χ2v) is 8.02. The molecule has 0 aliphatic heterocycles. The van der Waals surface area contributed by atoms with Crippen molar-refractivity contribution in [3.8, 4) is 11.3 Å². The quantitative estimate of drug-likeness (QED) is 0.403. The molecule has 0 unspecified atom stereocenters. The predicted octanol–water partition coefficient (Wildman–Crippen LogP) is 4.43. The number of hydrogen-bond donors (Lipinski definition) is 0. The molecular formula is C25H31BN2O. The first-order valence-corrected chi connectivity index (χ1v) is 10.7. The van der Waals surface area contributed by atoms with Crippen LogP contribution >= 0.6 is 0 Å². The first kappa shape index (κ1) is 21.1. The molecule has 0 aliphatic rings. The fourth-order valence-corrected chi connectivity index (χ4v) is 3.92. The molecule has 0 aliphatic carbocycles. The van der Waals surface area contributed by atoms with Gasteiger partial charge >= 0.3 is 0 Å². The van der Waals surface area contributed by atoms with E-state index in [-0.39, 0.29) is 5.78 Å². The first-order valence-electron chi connectivity index (χ1n) is 10.7. The van der Waals surface area contributed by atoms with Crippen LogP contribution in [0, 0.1) is 5.92 Å². The summed E-state index contributed by atoms with van der Waals surface area (Å²) in [6.45, 7) is 6.78. The van der Waals surface area contributed by atoms with E-state index in [4.69, 9.17) is 0 Å². The minimum atomic E-state index is -0.000565. The molecule has 3 nitrogen and oxygen atoms in total. The lowest BCUT2D eigenvalue weighted by Gasteiger charge is -2.17. The second kappa shape index (κ2) is 9.73. The van der Waals surface area contributed by atoms with E-state index < -0.39 is 0 Å². The van der Waals surface area contributed by atoms with Gasteiger partial charge in [0.05, 0.1) is 12.2 Å². The van der Waals surface area contributed by atoms with Crippen molar-refractivity contribution in [1.29, 1.82) is 0 Å². The highest BCUT2D eigenvalue weighted by Crippen LogP contribution is 2.25. The normalized spacial score (nSPS) is 12.1. The Bertz CT molecular complexity index is 962. The van der Waals surface area contributed by atoms with E-state index >= 15 is 0 Å². The summed E-state index contributed by atoms with van der Waals surface area (Å²) >= 11 is 0. The molecule has 0 N–H and O–H groups in total. The maximum Gasteiger partial charge on any atom is 0.180 e. The molecule has 0 saturated heterocycles. The molecule has 3 aromatic rings. The van der Waals surface area contributed by atoms with Crippen molar-refractivity contribution in [3.05, 3.63) is 71.4 Å². The van der Waals surface area contributed by atoms with Gasteiger partial charge in [-0.25, -0.2) is 0 Å². The third-order valence-corrected chi connectivity index (χ3v) is 5.74. The third kappa shape index (κ3) is 5.26. The summed E-state index contributed by atoms with van der Waals surface area (Å²) in [5.74, 6) is 0.718. The van der Waals surface area contributed by atoms with Crippen LogP contribution in [0.2, 0.25) is 0 Å². The number of nitrogens with zero attached hydrogens (tertiary/aromatic N) is 2. The number of aromatic nitrogens is 2. The maximum atomic E-state index is 12.0. The first-order chi connectivity index (χ1) is 14.0. The van der Waals surface area contributed by atoms with E-state index in [0.717, 1.165) is 23.6 Å². The number of carbonyl (C=O) groups is 1. The second-order valence-electron chi connectivity index (χ2n) is 8.02. The van der Waals surface area contributed by atoms with Crippen LogP contribution in [0.15, 0.2) is 54.6 Å². The van der Waals surface area contributed by atoms with Crippen LogP contribution in [0.5, 0.6) is 0 Å². The van der Waals surface area contributed by atoms with E-state index in [1.54, 1.807) is 6.92 Å². The number of hydrogen-bond acceptors (Lipinski definition) is 2. The van der Waals surface area contributed by atoms with E-state index in [1.165, 1.54) is 35.9 Å². The third-order valence-electron chi connectivity index (χ3n) is 5.74. The zero-order chi connectivity index (χ0) is 20.8. The Balaban J connectivity index is 1.98. The predicted molar refractivity (Wildman–Crippen MR) is 124 cm³/mol. The lowest BCUT2D eigenvalue weighted by molar-refractivity contribution is 0.101. The summed E-state index contributed by atoms with van der Waals surface area (Å²) in [7, 11) is 2.19. The van der Waals surface area contributed by atoms with Crippen LogP contribution < -0.4 is 5.46 Å². The Morgan fingerprint density at radius 1 is 1.10 bits per heavy atom. The molecule has 3 rings (SSSR count). The fourth-order valence-electron chi connectivity index (χ4n) is 3.92. The lowest BCUT2D eigenvalue weighted by atomic mass is 9.83. The average Bonchev–Trinajstić information content (AvgIpc) is 3.14. The van der Waals surface area contributed by atoms with Crippen molar-refractivity contribution in [1.82, 2.24) is 9.78 Å². The zero-order valence-corrected chi connectivity index (χ0v) is 18.1. The van der Waals surface area contributed by atoms with Crippen molar-refractivity contribution in [3.63, 3.8) is 0 Å². The Morgan fingerprint density at radius 3 is 2.52 bits per heavy atom. The Labute approximate surface area is 175 Å². The highest BCUT2D eigenvalue weighted by molar-refractivity contribution is 6.33. The standard InChI is InChI=1S/C25H31BN2O/c1-4-9-19(5-2)14-22-15-21(12-13-23(22)26)25-16-24(18(3)29)27-28(25)17-20-10-7-6-8-11-20/h6-8,10-13,15-16,19H,4-5,9,14,17,26H2,1-3H3/t19-/m0/s1. The van der Waals surface area contributed by atoms with Gasteiger partial charge in [-0.1, -0.05) is 92.7 Å². The topological polar surface area (TPSA) is 34.9 Å². The van der Waals surface area contributed by atoms with Crippen LogP contribution in [0.4, 0.5) is 0 Å². The van der Waals surface area contributed by atoms with Gasteiger partial charge in [0, 0.05) is 12.5 Å². The summed E-state index contributed by atoms with van der Waals surface area (Å²) in [5, 5.41) is 4.61. The van der Waals surface area contributed by atoms with Crippen molar-refractivity contribution in [2.45, 2.75) is 53.0 Å². The summed E-state index contributed by atoms with van der Waals surface area (Å²) in [5.41, 5.74) is 6.57. The van der Waals surface area contributed by atoms with Crippen LogP contribution in [-0.2, 0) is 13.0 Å². The largest absolute Gasteiger partial charge is 0.293 e. The van der Waals surface area contributed by atoms with Gasteiger partial charge in [0.15, 0.2) is 5.78 Å². The van der Waals surface area contributed by atoms with Crippen LogP contribution in [-0.4, -0.2) is 23.4 Å². The van der Waals surface area contributed by atoms with Crippen LogP contribution in [0.3, 0.4) is 0 Å². The Kier molecular flexibility index (Phi) is 7.08. The van der Waals surface area contributed by atoms with Gasteiger partial charge in [-0.05, 0) is 24.0 Å². The van der Waals surface area contributed by atoms with Crippen LogP contribution in [0.25, 0.3) is 11.3 Å². The number of Topliss-reactive ketones (excluding diaryl/α,β-unsaturated/α-hetero) is 1. The molecule has 150 valence electrons. The summed E-state index contributed by atoms with van der Waals surface area (Å²) in [4.78, 5) is 12.0. The van der Waals surface area contributed by atoms with Gasteiger partial charge in [0.2, 0.25) is 0 Å². The average molecular weight is 386 g/mol. The number of benzene rings is 2. The number of ketones is 1. The molecule has 1 aromatic heterocycles.